The molecule has 1 radical (unpaired) electrons. The van der Waals surface area contributed by atoms with E-state index < -0.39 is 0 Å². The molecule has 0 aromatic heterocycles. The predicted octanol–water partition coefficient (Wildman–Crippen LogP) is 6.09. The number of fused-ring (bicyclic) bond motifs is 1. The van der Waals surface area contributed by atoms with Crippen LogP contribution in [0.15, 0.2) is 107 Å². The summed E-state index contributed by atoms with van der Waals surface area (Å²) in [5, 5.41) is 18.3. The number of likely N-dealkylation sites (N-methyl/N-ethyl adjacent to an activating group) is 1. The Hall–Kier alpha value is -3.15. The van der Waals surface area contributed by atoms with Gasteiger partial charge >= 0.3 is 0 Å². The molecule has 1 N–H and O–H groups in total. The van der Waals surface area contributed by atoms with Gasteiger partial charge in [0.25, 0.3) is 0 Å². The van der Waals surface area contributed by atoms with E-state index in [0.29, 0.717) is 6.42 Å². The van der Waals surface area contributed by atoms with Gasteiger partial charge in [-0.1, -0.05) is 78.9 Å². The van der Waals surface area contributed by atoms with Crippen molar-refractivity contribution in [2.75, 3.05) is 11.4 Å². The number of para-hydroxylation sites is 1. The maximum absolute atomic E-state index is 10.1. The third kappa shape index (κ3) is 5.44. The fraction of sp³-hybridized carbons (Fsp3) is 0.214. The number of aliphatic hydroxyl groups excluding tert-OH is 1. The van der Waals surface area contributed by atoms with Crippen LogP contribution in [-0.2, 0) is 35.0 Å². The quantitative estimate of drug-likeness (QED) is 0.252. The summed E-state index contributed by atoms with van der Waals surface area (Å²) in [7, 11) is 0. The van der Waals surface area contributed by atoms with E-state index in [1.807, 2.05) is 36.4 Å². The number of hydrogen-bond acceptors (Lipinski definition) is 3. The van der Waals surface area contributed by atoms with Crippen LogP contribution in [0.3, 0.4) is 0 Å². The summed E-state index contributed by atoms with van der Waals surface area (Å²) in [4.78, 5) is 2.35. The Morgan fingerprint density at radius 2 is 1.52 bits per heavy atom. The summed E-state index contributed by atoms with van der Waals surface area (Å²) >= 11 is 0. The van der Waals surface area contributed by atoms with Crippen LogP contribution in [0.5, 0.6) is 0 Å². The molecule has 1 heterocycles. The largest absolute Gasteiger partial charge is 0.495 e. The molecule has 0 spiro atoms. The molecule has 1 unspecified atom stereocenters. The van der Waals surface area contributed by atoms with Gasteiger partial charge in [0.1, 0.15) is 0 Å². The minimum absolute atomic E-state index is 0. The molecule has 0 bridgehead atoms. The molecular weight excluding hydrogens is 453 g/mol. The van der Waals surface area contributed by atoms with Gasteiger partial charge in [-0.25, -0.2) is 0 Å². The molecule has 1 aliphatic rings. The fourth-order valence-electron chi connectivity index (χ4n) is 4.56. The average molecular weight is 482 g/mol. The molecule has 171 valence electrons. The first-order valence-corrected chi connectivity index (χ1v) is 11.1. The Kier molecular flexibility index (Phi) is 8.25. The molecular formula is C28H29CoN3O. The Labute approximate surface area is 206 Å². The number of benzene rings is 3. The van der Waals surface area contributed by atoms with Crippen molar-refractivity contribution >= 4 is 17.8 Å². The van der Waals surface area contributed by atoms with Crippen LogP contribution in [0, 0.1) is 0 Å². The molecule has 4 rings (SSSR count). The van der Waals surface area contributed by atoms with Crippen molar-refractivity contribution in [1.82, 2.24) is 0 Å². The molecule has 3 aromatic carbocycles. The number of anilines is 1. The van der Waals surface area contributed by atoms with E-state index in [1.54, 1.807) is 6.21 Å². The molecule has 33 heavy (non-hydrogen) atoms. The second-order valence-corrected chi connectivity index (χ2v) is 8.25. The van der Waals surface area contributed by atoms with Crippen molar-refractivity contribution in [2.24, 2.45) is 10.2 Å². The molecule has 3 aromatic rings. The SMILES string of the molecule is CCN1\C(=C/C=N/N=C(\O)Cc2ccccc2)C(C)(Cc2ccccc2)c2ccccc21.[Co]. The first-order chi connectivity index (χ1) is 15.6. The topological polar surface area (TPSA) is 48.2 Å². The van der Waals surface area contributed by atoms with Gasteiger partial charge in [0.2, 0.25) is 5.90 Å². The maximum atomic E-state index is 10.1. The van der Waals surface area contributed by atoms with Gasteiger partial charge in [0.05, 0.1) is 12.6 Å². The second kappa shape index (κ2) is 11.1. The number of nitrogens with zero attached hydrogens (tertiary/aromatic N) is 3. The Morgan fingerprint density at radius 1 is 0.909 bits per heavy atom. The Morgan fingerprint density at radius 3 is 2.18 bits per heavy atom. The van der Waals surface area contributed by atoms with E-state index in [9.17, 15) is 5.11 Å². The minimum Gasteiger partial charge on any atom is -0.495 e. The molecule has 0 amide bonds. The summed E-state index contributed by atoms with van der Waals surface area (Å²) in [5.41, 5.74) is 5.86. The van der Waals surface area contributed by atoms with Crippen LogP contribution >= 0.6 is 0 Å². The zero-order valence-electron chi connectivity index (χ0n) is 19.0. The Balaban J connectivity index is 0.00000306. The van der Waals surface area contributed by atoms with E-state index in [0.717, 1.165) is 18.5 Å². The number of aliphatic hydroxyl groups is 1. The molecule has 0 fully saturated rings. The van der Waals surface area contributed by atoms with Crippen molar-refractivity contribution in [3.8, 4) is 0 Å². The van der Waals surface area contributed by atoms with Gasteiger partial charge in [-0.3, -0.25) is 0 Å². The van der Waals surface area contributed by atoms with Crippen molar-refractivity contribution in [1.29, 1.82) is 0 Å². The van der Waals surface area contributed by atoms with E-state index in [2.05, 4.69) is 83.5 Å². The monoisotopic (exact) mass is 482 g/mol. The van der Waals surface area contributed by atoms with Gasteiger partial charge in [-0.2, -0.15) is 5.10 Å². The maximum Gasteiger partial charge on any atom is 0.210 e. The summed E-state index contributed by atoms with van der Waals surface area (Å²) in [5.74, 6) is -0.0000435. The van der Waals surface area contributed by atoms with Crippen molar-refractivity contribution in [2.45, 2.75) is 32.1 Å². The van der Waals surface area contributed by atoms with Crippen LogP contribution in [0.1, 0.15) is 30.5 Å². The molecule has 0 saturated carbocycles. The molecule has 1 atom stereocenters. The number of hydrogen-bond donors (Lipinski definition) is 1. The van der Waals surface area contributed by atoms with Gasteiger partial charge in [0.15, 0.2) is 0 Å². The molecule has 0 aliphatic carbocycles. The third-order valence-electron chi connectivity index (χ3n) is 6.04. The third-order valence-corrected chi connectivity index (χ3v) is 6.04. The number of allylic oxidation sites excluding steroid dienone is 2. The predicted molar refractivity (Wildman–Crippen MR) is 134 cm³/mol. The second-order valence-electron chi connectivity index (χ2n) is 8.25. The van der Waals surface area contributed by atoms with E-state index in [-0.39, 0.29) is 28.1 Å². The summed E-state index contributed by atoms with van der Waals surface area (Å²) in [6.45, 7) is 5.33. The van der Waals surface area contributed by atoms with Crippen LogP contribution in [0.2, 0.25) is 0 Å². The van der Waals surface area contributed by atoms with E-state index >= 15 is 0 Å². The van der Waals surface area contributed by atoms with Crippen LogP contribution < -0.4 is 4.90 Å². The minimum atomic E-state index is -0.185. The molecule has 1 aliphatic heterocycles. The first kappa shape index (κ1) is 24.5. The smallest absolute Gasteiger partial charge is 0.210 e. The number of rotatable bonds is 7. The molecule has 0 saturated heterocycles. The first-order valence-electron chi connectivity index (χ1n) is 11.1. The van der Waals surface area contributed by atoms with Gasteiger partial charge < -0.3 is 10.0 Å². The van der Waals surface area contributed by atoms with Crippen molar-refractivity contribution in [3.63, 3.8) is 0 Å². The molecule has 5 heteroatoms. The van der Waals surface area contributed by atoms with Gasteiger partial charge in [-0.15, -0.1) is 5.10 Å². The van der Waals surface area contributed by atoms with Gasteiger partial charge in [0, 0.05) is 40.1 Å². The van der Waals surface area contributed by atoms with Crippen molar-refractivity contribution < 1.29 is 21.9 Å². The zero-order chi connectivity index (χ0) is 22.4. The normalized spacial score (nSPS) is 19.0. The van der Waals surface area contributed by atoms with Crippen LogP contribution in [0.4, 0.5) is 5.69 Å². The van der Waals surface area contributed by atoms with E-state index in [1.165, 1.54) is 22.5 Å². The average Bonchev–Trinajstić information content (AvgIpc) is 3.05. The summed E-state index contributed by atoms with van der Waals surface area (Å²) < 4.78 is 0. The fourth-order valence-corrected chi connectivity index (χ4v) is 4.56. The van der Waals surface area contributed by atoms with Crippen LogP contribution in [-0.4, -0.2) is 23.8 Å². The van der Waals surface area contributed by atoms with E-state index in [4.69, 9.17) is 0 Å². The van der Waals surface area contributed by atoms with Gasteiger partial charge in [-0.05, 0) is 49.1 Å². The standard InChI is InChI=1S/C28H29N3O.Co/c1-3-31-25-17-11-10-16-24(25)28(2,21-23-14-8-5-9-15-23)26(31)18-19-29-30-27(32)20-22-12-6-4-7-13-22;/h4-19H,3,20-21H2,1-2H3,(H,30,32);/b26-18-,29-19+;. The van der Waals surface area contributed by atoms with Crippen molar-refractivity contribution in [3.05, 3.63) is 113 Å². The Bertz CT molecular complexity index is 1140. The zero-order valence-corrected chi connectivity index (χ0v) is 20.0. The summed E-state index contributed by atoms with van der Waals surface area (Å²) in [6.07, 6.45) is 4.98. The van der Waals surface area contributed by atoms with Crippen LogP contribution in [0.25, 0.3) is 0 Å². The summed E-state index contributed by atoms with van der Waals surface area (Å²) in [6, 6.07) is 29.0. The molecule has 4 nitrogen and oxygen atoms in total.